The lowest BCUT2D eigenvalue weighted by Crippen LogP contribution is -2.33. The molecule has 1 fully saturated rings. The predicted molar refractivity (Wildman–Crippen MR) is 148 cm³/mol. The number of nitrogens with zero attached hydrogens (tertiary/aromatic N) is 4. The van der Waals surface area contributed by atoms with Gasteiger partial charge in [0.05, 0.1) is 35.3 Å². The van der Waals surface area contributed by atoms with Crippen LogP contribution in [0.25, 0.3) is 0 Å². The van der Waals surface area contributed by atoms with Gasteiger partial charge in [0.25, 0.3) is 0 Å². The maximum atomic E-state index is 12.8. The third-order valence-electron chi connectivity index (χ3n) is 6.79. The summed E-state index contributed by atoms with van der Waals surface area (Å²) >= 11 is 0. The van der Waals surface area contributed by atoms with E-state index in [1.54, 1.807) is 45.2 Å². The Hall–Kier alpha value is -3.47. The molecule has 0 saturated carbocycles. The van der Waals surface area contributed by atoms with Gasteiger partial charge in [0, 0.05) is 24.8 Å². The molecule has 4 rings (SSSR count). The van der Waals surface area contributed by atoms with E-state index in [1.807, 2.05) is 18.2 Å². The van der Waals surface area contributed by atoms with E-state index in [4.69, 9.17) is 4.74 Å². The normalized spacial score (nSPS) is 14.5. The van der Waals surface area contributed by atoms with Crippen molar-refractivity contribution in [2.75, 3.05) is 42.4 Å². The van der Waals surface area contributed by atoms with Crippen LogP contribution in [0.4, 0.5) is 33.3 Å². The molecule has 0 atom stereocenters. The van der Waals surface area contributed by atoms with Gasteiger partial charge >= 0.3 is 0 Å². The Morgan fingerprint density at radius 3 is 2.39 bits per heavy atom. The number of para-hydroxylation sites is 1. The van der Waals surface area contributed by atoms with Gasteiger partial charge in [-0.25, -0.2) is 18.4 Å². The topological polar surface area (TPSA) is 109 Å². The molecular weight excluding hydrogens is 507 g/mol. The van der Waals surface area contributed by atoms with E-state index in [0.29, 0.717) is 29.5 Å². The number of piperidine rings is 1. The minimum absolute atomic E-state index is 0.189. The summed E-state index contributed by atoms with van der Waals surface area (Å²) in [5, 5.41) is 5.62. The predicted octanol–water partition coefficient (Wildman–Crippen LogP) is 5.52. The Morgan fingerprint density at radius 1 is 1.05 bits per heavy atom. The van der Waals surface area contributed by atoms with Crippen LogP contribution in [0.2, 0.25) is 0 Å². The molecule has 1 aliphatic rings. The number of hydrogen-bond donors (Lipinski definition) is 2. The Labute approximate surface area is 223 Å². The largest absolute Gasteiger partial charge is 0.494 e. The van der Waals surface area contributed by atoms with Crippen LogP contribution in [0.3, 0.4) is 0 Å². The second-order valence-electron chi connectivity index (χ2n) is 9.62. The molecule has 1 aliphatic heterocycles. The fraction of sp³-hybridized carbons (Fsp3) is 0.444. The molecular formula is C27H35FN6O3S. The average Bonchev–Trinajstić information content (AvgIpc) is 2.93. The fourth-order valence-electron chi connectivity index (χ4n) is 4.56. The van der Waals surface area contributed by atoms with Crippen molar-refractivity contribution >= 4 is 38.8 Å². The number of hydrogen-bond acceptors (Lipinski definition) is 9. The van der Waals surface area contributed by atoms with Gasteiger partial charge in [0.1, 0.15) is 12.1 Å². The number of sulfone groups is 1. The van der Waals surface area contributed by atoms with Gasteiger partial charge in [-0.2, -0.15) is 4.98 Å². The average molecular weight is 543 g/mol. The number of rotatable bonds is 11. The minimum Gasteiger partial charge on any atom is -0.494 e. The van der Waals surface area contributed by atoms with Crippen molar-refractivity contribution in [1.82, 2.24) is 15.0 Å². The third kappa shape index (κ3) is 6.50. The molecule has 0 unspecified atom stereocenters. The second kappa shape index (κ2) is 12.4. The van der Waals surface area contributed by atoms with E-state index in [9.17, 15) is 12.8 Å². The molecule has 1 aromatic heterocycles. The van der Waals surface area contributed by atoms with Crippen molar-refractivity contribution in [2.24, 2.45) is 5.92 Å². The summed E-state index contributed by atoms with van der Waals surface area (Å²) in [5.41, 5.74) is 2.15. The molecule has 0 radical (unpaired) electrons. The Bertz CT molecular complexity index is 1330. The Morgan fingerprint density at radius 2 is 1.74 bits per heavy atom. The Balaban J connectivity index is 1.48. The zero-order valence-corrected chi connectivity index (χ0v) is 22.8. The zero-order chi connectivity index (χ0) is 27.1. The van der Waals surface area contributed by atoms with Crippen LogP contribution in [0, 0.1) is 5.92 Å². The summed E-state index contributed by atoms with van der Waals surface area (Å²) in [7, 11) is -1.89. The summed E-state index contributed by atoms with van der Waals surface area (Å²) in [5.74, 6) is 1.73. The summed E-state index contributed by atoms with van der Waals surface area (Å²) in [6.07, 6.45) is 5.08. The van der Waals surface area contributed by atoms with Crippen molar-refractivity contribution < 1.29 is 17.5 Å². The standard InChI is InChI=1S/C27H35FN6O3S/c1-19(2)38(35,36)25-9-5-4-8-23(25)32-27-30-18-29-26(33-27)31-22-11-10-21(17-24(22)37-3)34-15-12-20(13-16-34)7-6-14-28/h4-5,8-11,17-20H,6-7,12-16H2,1-3H3,(H2,29,30,31,32,33). The van der Waals surface area contributed by atoms with Crippen LogP contribution in [-0.4, -0.2) is 55.5 Å². The van der Waals surface area contributed by atoms with Gasteiger partial charge in [-0.05, 0) is 69.7 Å². The van der Waals surface area contributed by atoms with E-state index < -0.39 is 15.1 Å². The van der Waals surface area contributed by atoms with Crippen LogP contribution in [0.15, 0.2) is 53.7 Å². The monoisotopic (exact) mass is 542 g/mol. The number of benzene rings is 2. The van der Waals surface area contributed by atoms with E-state index in [-0.39, 0.29) is 23.5 Å². The zero-order valence-electron chi connectivity index (χ0n) is 22.0. The van der Waals surface area contributed by atoms with E-state index in [2.05, 4.69) is 30.5 Å². The molecule has 204 valence electrons. The molecule has 11 heteroatoms. The quantitative estimate of drug-likeness (QED) is 0.324. The lowest BCUT2D eigenvalue weighted by atomic mass is 9.92. The lowest BCUT2D eigenvalue weighted by Gasteiger charge is -2.34. The van der Waals surface area contributed by atoms with Gasteiger partial charge in [0.2, 0.25) is 11.9 Å². The number of anilines is 5. The first kappa shape index (κ1) is 27.6. The molecule has 0 aliphatic carbocycles. The lowest BCUT2D eigenvalue weighted by molar-refractivity contribution is 0.347. The highest BCUT2D eigenvalue weighted by atomic mass is 32.2. The summed E-state index contributed by atoms with van der Waals surface area (Å²) < 4.78 is 43.7. The van der Waals surface area contributed by atoms with Crippen molar-refractivity contribution in [1.29, 1.82) is 0 Å². The highest BCUT2D eigenvalue weighted by Crippen LogP contribution is 2.34. The van der Waals surface area contributed by atoms with Crippen molar-refractivity contribution in [2.45, 2.75) is 49.7 Å². The number of nitrogens with one attached hydrogen (secondary N) is 2. The second-order valence-corrected chi connectivity index (χ2v) is 12.1. The van der Waals surface area contributed by atoms with Crippen molar-refractivity contribution in [3.63, 3.8) is 0 Å². The Kier molecular flexibility index (Phi) is 8.98. The van der Waals surface area contributed by atoms with Gasteiger partial charge in [0.15, 0.2) is 9.84 Å². The first-order valence-corrected chi connectivity index (χ1v) is 14.4. The van der Waals surface area contributed by atoms with Crippen LogP contribution < -0.4 is 20.3 Å². The number of ether oxygens (including phenoxy) is 1. The molecule has 0 bridgehead atoms. The molecule has 2 N–H and O–H groups in total. The molecule has 2 aromatic carbocycles. The fourth-order valence-corrected chi connectivity index (χ4v) is 5.76. The smallest absolute Gasteiger partial charge is 0.232 e. The van der Waals surface area contributed by atoms with E-state index in [0.717, 1.165) is 38.0 Å². The molecule has 2 heterocycles. The summed E-state index contributed by atoms with van der Waals surface area (Å²) in [6, 6.07) is 12.6. The summed E-state index contributed by atoms with van der Waals surface area (Å²) in [4.78, 5) is 15.3. The number of halogens is 1. The van der Waals surface area contributed by atoms with Gasteiger partial charge < -0.3 is 20.3 Å². The van der Waals surface area contributed by atoms with Gasteiger partial charge in [-0.3, -0.25) is 4.39 Å². The summed E-state index contributed by atoms with van der Waals surface area (Å²) in [6.45, 7) is 4.92. The van der Waals surface area contributed by atoms with Crippen LogP contribution in [-0.2, 0) is 9.84 Å². The molecule has 9 nitrogen and oxygen atoms in total. The van der Waals surface area contributed by atoms with Crippen LogP contribution in [0.1, 0.15) is 39.5 Å². The molecule has 1 saturated heterocycles. The number of methoxy groups -OCH3 is 1. The molecule has 0 amide bonds. The van der Waals surface area contributed by atoms with E-state index in [1.165, 1.54) is 6.33 Å². The highest BCUT2D eigenvalue weighted by molar-refractivity contribution is 7.92. The number of aromatic nitrogens is 3. The highest BCUT2D eigenvalue weighted by Gasteiger charge is 2.23. The first-order chi connectivity index (χ1) is 18.3. The minimum atomic E-state index is -3.50. The van der Waals surface area contributed by atoms with Crippen molar-refractivity contribution in [3.8, 4) is 5.75 Å². The maximum Gasteiger partial charge on any atom is 0.232 e. The van der Waals surface area contributed by atoms with Gasteiger partial charge in [-0.1, -0.05) is 12.1 Å². The number of alkyl halides is 1. The molecule has 3 aromatic rings. The maximum absolute atomic E-state index is 12.8. The molecule has 38 heavy (non-hydrogen) atoms. The third-order valence-corrected chi connectivity index (χ3v) is 9.00. The SMILES string of the molecule is COc1cc(N2CCC(CCCF)CC2)ccc1Nc1ncnc(Nc2ccccc2S(=O)(=O)C(C)C)n1. The van der Waals surface area contributed by atoms with Crippen LogP contribution in [0.5, 0.6) is 5.75 Å². The van der Waals surface area contributed by atoms with E-state index >= 15 is 0 Å². The van der Waals surface area contributed by atoms with Crippen LogP contribution >= 0.6 is 0 Å². The van der Waals surface area contributed by atoms with Crippen molar-refractivity contribution in [3.05, 3.63) is 48.8 Å². The molecule has 0 spiro atoms. The first-order valence-electron chi connectivity index (χ1n) is 12.9. The van der Waals surface area contributed by atoms with Gasteiger partial charge in [-0.15, -0.1) is 0 Å².